The first kappa shape index (κ1) is 29.6. The van der Waals surface area contributed by atoms with Crippen LogP contribution in [-0.4, -0.2) is 125 Å². The van der Waals surface area contributed by atoms with Crippen LogP contribution in [0.1, 0.15) is 0 Å². The zero-order chi connectivity index (χ0) is 20.5. The van der Waals surface area contributed by atoms with Gasteiger partial charge in [0.2, 0.25) is 0 Å². The van der Waals surface area contributed by atoms with E-state index in [0.717, 1.165) is 52.4 Å². The lowest BCUT2D eigenvalue weighted by Gasteiger charge is -2.54. The van der Waals surface area contributed by atoms with Crippen LogP contribution in [0.25, 0.3) is 0 Å². The first-order chi connectivity index (χ1) is 13.3. The van der Waals surface area contributed by atoms with Gasteiger partial charge in [-0.15, -0.1) is 0 Å². The Morgan fingerprint density at radius 1 is 0.533 bits per heavy atom. The summed E-state index contributed by atoms with van der Waals surface area (Å²) >= 11 is 11.2. The summed E-state index contributed by atoms with van der Waals surface area (Å²) in [5, 5.41) is 0. The SMILES string of the molecule is COP(=S)(OC)N1CC[N+]2(CC1)CC[N+]1(CCN(P(=S)(OC)OC)CC1)CC2.[Cl-].[Cl-]. The quantitative estimate of drug-likeness (QED) is 0.244. The molecule has 0 aromatic rings. The minimum atomic E-state index is -2.27. The summed E-state index contributed by atoms with van der Waals surface area (Å²) in [6.45, 7) is 8.91. The molecule has 0 saturated carbocycles. The van der Waals surface area contributed by atoms with Gasteiger partial charge in [0.05, 0.1) is 52.4 Å². The molecule has 0 aromatic heterocycles. The largest absolute Gasteiger partial charge is 1.00 e. The fourth-order valence-electron chi connectivity index (χ4n) is 4.82. The molecule has 14 heteroatoms. The Balaban J connectivity index is 0.00000225. The van der Waals surface area contributed by atoms with Crippen molar-refractivity contribution < 1.29 is 51.9 Å². The number of piperazine rings is 3. The molecule has 0 unspecified atom stereocenters. The van der Waals surface area contributed by atoms with Crippen molar-refractivity contribution in [3.63, 3.8) is 0 Å². The van der Waals surface area contributed by atoms with E-state index in [9.17, 15) is 0 Å². The van der Waals surface area contributed by atoms with Gasteiger partial charge in [0.25, 0.3) is 13.3 Å². The molecule has 0 amide bonds. The molecule has 3 aliphatic rings. The van der Waals surface area contributed by atoms with E-state index in [0.29, 0.717) is 0 Å². The smallest absolute Gasteiger partial charge is 0.263 e. The third-order valence-electron chi connectivity index (χ3n) is 7.04. The van der Waals surface area contributed by atoms with Gasteiger partial charge < -0.3 is 51.9 Å². The molecular weight excluding hydrogens is 509 g/mol. The minimum absolute atomic E-state index is 0. The van der Waals surface area contributed by atoms with Gasteiger partial charge in [-0.25, -0.2) is 9.34 Å². The molecule has 0 radical (unpaired) electrons. The highest BCUT2D eigenvalue weighted by Gasteiger charge is 2.47. The van der Waals surface area contributed by atoms with Gasteiger partial charge in [-0.2, -0.15) is 0 Å². The topological polar surface area (TPSA) is 43.4 Å². The average molecular weight is 545 g/mol. The second kappa shape index (κ2) is 11.8. The van der Waals surface area contributed by atoms with Crippen LogP contribution >= 0.6 is 13.3 Å². The van der Waals surface area contributed by atoms with Crippen molar-refractivity contribution in [1.82, 2.24) is 9.34 Å². The molecule has 8 nitrogen and oxygen atoms in total. The normalized spacial score (nSPS) is 24.9. The van der Waals surface area contributed by atoms with Crippen molar-refractivity contribution >= 4 is 36.9 Å². The standard InChI is InChI=1S/C16H36N4O4P2S2.2ClH/c1-21-25(27,22-2)17-5-9-19(10-6-17)13-15-20(16-14-19)11-7-18(8-12-20)26(28,23-3)24-4;;/h5-16H2,1-4H3;2*1H/q+2;;/p-2. The van der Waals surface area contributed by atoms with Gasteiger partial charge in [0.15, 0.2) is 0 Å². The molecule has 180 valence electrons. The first-order valence-corrected chi connectivity index (χ1v) is 15.1. The summed E-state index contributed by atoms with van der Waals surface area (Å²) < 4.78 is 29.1. The van der Waals surface area contributed by atoms with Crippen LogP contribution in [0.15, 0.2) is 0 Å². The lowest BCUT2D eigenvalue weighted by molar-refractivity contribution is -1.03. The molecule has 0 atom stereocenters. The van der Waals surface area contributed by atoms with Crippen molar-refractivity contribution in [1.29, 1.82) is 0 Å². The number of rotatable bonds is 6. The lowest BCUT2D eigenvalue weighted by atomic mass is 10.1. The summed E-state index contributed by atoms with van der Waals surface area (Å²) in [5.41, 5.74) is 0. The van der Waals surface area contributed by atoms with Crippen molar-refractivity contribution in [3.05, 3.63) is 0 Å². The highest BCUT2D eigenvalue weighted by molar-refractivity contribution is 8.09. The van der Waals surface area contributed by atoms with Crippen LogP contribution < -0.4 is 24.8 Å². The predicted octanol–water partition coefficient (Wildman–Crippen LogP) is -4.69. The Morgan fingerprint density at radius 2 is 0.767 bits per heavy atom. The number of halogens is 2. The van der Waals surface area contributed by atoms with Crippen molar-refractivity contribution in [2.75, 3.05) is 107 Å². The van der Waals surface area contributed by atoms with Gasteiger partial charge in [0.1, 0.15) is 26.2 Å². The van der Waals surface area contributed by atoms with Crippen LogP contribution in [0.4, 0.5) is 0 Å². The van der Waals surface area contributed by atoms with E-state index in [2.05, 4.69) is 9.34 Å². The second-order valence-electron chi connectivity index (χ2n) is 8.05. The zero-order valence-electron chi connectivity index (χ0n) is 18.4. The van der Waals surface area contributed by atoms with Crippen LogP contribution in [0.2, 0.25) is 0 Å². The number of quaternary nitrogens is 2. The maximum Gasteiger partial charge on any atom is 0.263 e. The third kappa shape index (κ3) is 5.97. The fraction of sp³-hybridized carbons (Fsp3) is 1.00. The zero-order valence-corrected chi connectivity index (χ0v) is 23.3. The van der Waals surface area contributed by atoms with Gasteiger partial charge in [-0.1, -0.05) is 0 Å². The van der Waals surface area contributed by atoms with Gasteiger partial charge in [0, 0.05) is 28.4 Å². The van der Waals surface area contributed by atoms with Gasteiger partial charge in [-0.3, -0.25) is 0 Å². The first-order valence-electron chi connectivity index (χ1n) is 9.92. The fourth-order valence-corrected chi connectivity index (χ4v) is 8.36. The molecule has 2 spiro atoms. The molecular formula is C16H36Cl2N4O4P2S2. The van der Waals surface area contributed by atoms with Crippen molar-refractivity contribution in [2.24, 2.45) is 0 Å². The van der Waals surface area contributed by atoms with Crippen molar-refractivity contribution in [3.8, 4) is 0 Å². The van der Waals surface area contributed by atoms with Crippen LogP contribution in [0, 0.1) is 0 Å². The summed E-state index contributed by atoms with van der Waals surface area (Å²) in [7, 11) is 6.69. The molecule has 3 aliphatic heterocycles. The Labute approximate surface area is 204 Å². The minimum Gasteiger partial charge on any atom is -1.00 e. The van der Waals surface area contributed by atoms with Crippen molar-refractivity contribution in [2.45, 2.75) is 0 Å². The number of hydrogen-bond acceptors (Lipinski definition) is 6. The molecule has 0 aromatic carbocycles. The molecule has 0 bridgehead atoms. The summed E-state index contributed by atoms with van der Waals surface area (Å²) in [6, 6.07) is 0. The Morgan fingerprint density at radius 3 is 0.967 bits per heavy atom. The van der Waals surface area contributed by atoms with Crippen LogP contribution in [-0.2, 0) is 41.7 Å². The van der Waals surface area contributed by atoms with Gasteiger partial charge >= 0.3 is 0 Å². The molecule has 3 fully saturated rings. The van der Waals surface area contributed by atoms with E-state index in [1.54, 1.807) is 28.4 Å². The highest BCUT2D eigenvalue weighted by Crippen LogP contribution is 2.52. The number of nitrogens with zero attached hydrogens (tertiary/aromatic N) is 4. The maximum atomic E-state index is 5.62. The summed E-state index contributed by atoms with van der Waals surface area (Å²) in [6.07, 6.45) is 0. The molecule has 3 heterocycles. The maximum absolute atomic E-state index is 5.62. The molecule has 0 N–H and O–H groups in total. The Kier molecular flexibility index (Phi) is 11.6. The van der Waals surface area contributed by atoms with Crippen LogP contribution in [0.5, 0.6) is 0 Å². The molecule has 0 aliphatic carbocycles. The van der Waals surface area contributed by atoms with E-state index >= 15 is 0 Å². The number of hydrogen-bond donors (Lipinski definition) is 0. The highest BCUT2D eigenvalue weighted by atomic mass is 35.5. The Bertz CT molecular complexity index is 569. The summed E-state index contributed by atoms with van der Waals surface area (Å²) in [4.78, 5) is 0. The monoisotopic (exact) mass is 544 g/mol. The van der Waals surface area contributed by atoms with E-state index in [4.69, 9.17) is 41.7 Å². The van der Waals surface area contributed by atoms with Gasteiger partial charge in [-0.05, 0) is 23.6 Å². The van der Waals surface area contributed by atoms with Crippen LogP contribution in [0.3, 0.4) is 0 Å². The molecule has 30 heavy (non-hydrogen) atoms. The summed E-state index contributed by atoms with van der Waals surface area (Å²) in [5.74, 6) is 0. The van der Waals surface area contributed by atoms with E-state index in [-0.39, 0.29) is 24.8 Å². The molecule has 3 saturated heterocycles. The molecule has 3 rings (SSSR count). The second-order valence-corrected chi connectivity index (χ2v) is 15.3. The van der Waals surface area contributed by atoms with E-state index < -0.39 is 13.3 Å². The van der Waals surface area contributed by atoms with E-state index in [1.807, 2.05) is 0 Å². The lowest BCUT2D eigenvalue weighted by Crippen LogP contribution is -3.00. The Hall–Kier alpha value is 1.56. The average Bonchev–Trinajstić information content (AvgIpc) is 2.76. The van der Waals surface area contributed by atoms with E-state index in [1.165, 1.54) is 35.1 Å². The predicted molar refractivity (Wildman–Crippen MR) is 119 cm³/mol. The third-order valence-corrected chi connectivity index (χ3v) is 14.2.